The Balaban J connectivity index is 2.14. The summed E-state index contributed by atoms with van der Waals surface area (Å²) in [6.45, 7) is 12.8. The van der Waals surface area contributed by atoms with Gasteiger partial charge in [-0.25, -0.2) is 0 Å². The number of nitrogens with zero attached hydrogens (tertiary/aromatic N) is 1. The van der Waals surface area contributed by atoms with Gasteiger partial charge in [0.2, 0.25) is 0 Å². The molecule has 0 unspecified atom stereocenters. The summed E-state index contributed by atoms with van der Waals surface area (Å²) in [6.07, 6.45) is 3.52. The summed E-state index contributed by atoms with van der Waals surface area (Å²) in [5.41, 5.74) is 0. The fraction of sp³-hybridized carbons (Fsp3) is 0.800. The molecule has 0 aliphatic carbocycles. The van der Waals surface area contributed by atoms with Crippen molar-refractivity contribution in [1.82, 2.24) is 4.90 Å². The number of likely N-dealkylation sites (tertiary alicyclic amines) is 1. The summed E-state index contributed by atoms with van der Waals surface area (Å²) in [7, 11) is -0.908. The van der Waals surface area contributed by atoms with E-state index in [1.54, 1.807) is 0 Å². The largest absolute Gasteiger partial charge is 0.304 e. The topological polar surface area (TPSA) is 3.24 Å². The van der Waals surface area contributed by atoms with Crippen molar-refractivity contribution in [3.63, 3.8) is 0 Å². The van der Waals surface area contributed by atoms with E-state index in [9.17, 15) is 0 Å². The third-order valence-electron chi connectivity index (χ3n) is 2.75. The van der Waals surface area contributed by atoms with Crippen LogP contribution >= 0.6 is 0 Å². The molecule has 0 spiro atoms. The van der Waals surface area contributed by atoms with E-state index in [4.69, 9.17) is 0 Å². The Hall–Kier alpha value is -0.0831. The molecule has 2 heteroatoms. The summed E-state index contributed by atoms with van der Waals surface area (Å²) >= 11 is 0. The number of rotatable bonds is 5. The molecular formula is C10H21NSi. The van der Waals surface area contributed by atoms with Gasteiger partial charge < -0.3 is 4.90 Å². The monoisotopic (exact) mass is 183 g/mol. The lowest BCUT2D eigenvalue weighted by molar-refractivity contribution is 0.191. The highest BCUT2D eigenvalue weighted by molar-refractivity contribution is 6.77. The Bertz CT molecular complexity index is 150. The molecule has 1 nitrogen and oxygen atoms in total. The summed E-state index contributed by atoms with van der Waals surface area (Å²) in [5.74, 6) is 0. The summed E-state index contributed by atoms with van der Waals surface area (Å²) in [6, 6.07) is 2.72. The van der Waals surface area contributed by atoms with Crippen LogP contribution in [0.5, 0.6) is 0 Å². The van der Waals surface area contributed by atoms with Gasteiger partial charge in [-0.2, -0.15) is 0 Å². The molecule has 1 rings (SSSR count). The van der Waals surface area contributed by atoms with Crippen molar-refractivity contribution in [3.05, 3.63) is 12.7 Å². The van der Waals surface area contributed by atoms with E-state index in [0.717, 1.165) is 0 Å². The third-order valence-corrected chi connectivity index (χ3v) is 5.72. The zero-order chi connectivity index (χ0) is 9.03. The van der Waals surface area contributed by atoms with Crippen LogP contribution in [0.4, 0.5) is 0 Å². The molecule has 0 aromatic carbocycles. The summed E-state index contributed by atoms with van der Waals surface area (Å²) < 4.78 is 0. The Morgan fingerprint density at radius 1 is 1.42 bits per heavy atom. The van der Waals surface area contributed by atoms with Crippen LogP contribution in [0.1, 0.15) is 6.42 Å². The molecule has 12 heavy (non-hydrogen) atoms. The maximum absolute atomic E-state index is 3.83. The van der Waals surface area contributed by atoms with Gasteiger partial charge in [0.1, 0.15) is 0 Å². The van der Waals surface area contributed by atoms with Gasteiger partial charge in [-0.3, -0.25) is 0 Å². The van der Waals surface area contributed by atoms with Gasteiger partial charge in [-0.05, 0) is 38.1 Å². The van der Waals surface area contributed by atoms with E-state index in [2.05, 4.69) is 30.6 Å². The van der Waals surface area contributed by atoms with Gasteiger partial charge >= 0.3 is 0 Å². The molecule has 0 bridgehead atoms. The lowest BCUT2D eigenvalue weighted by Crippen LogP contribution is -2.40. The molecule has 0 N–H and O–H groups in total. The normalized spacial score (nSPS) is 18.8. The Kier molecular flexibility index (Phi) is 3.53. The average Bonchev–Trinajstić information content (AvgIpc) is 1.82. The maximum Gasteiger partial charge on any atom is 0.0523 e. The second-order valence-electron chi connectivity index (χ2n) is 4.60. The molecule has 1 saturated heterocycles. The van der Waals surface area contributed by atoms with E-state index >= 15 is 0 Å². The Labute approximate surface area is 77.5 Å². The van der Waals surface area contributed by atoms with E-state index < -0.39 is 8.07 Å². The van der Waals surface area contributed by atoms with Crippen LogP contribution in [0, 0.1) is 0 Å². The van der Waals surface area contributed by atoms with Gasteiger partial charge in [0, 0.05) is 0 Å². The van der Waals surface area contributed by atoms with E-state index in [-0.39, 0.29) is 0 Å². The quantitative estimate of drug-likeness (QED) is 0.468. The molecular weight excluding hydrogens is 162 g/mol. The predicted octanol–water partition coefficient (Wildman–Crippen LogP) is 2.59. The lowest BCUT2D eigenvalue weighted by atomic mass is 10.2. The van der Waals surface area contributed by atoms with Crippen molar-refractivity contribution in [2.75, 3.05) is 19.6 Å². The molecule has 0 radical (unpaired) electrons. The molecule has 0 aromatic heterocycles. The standard InChI is InChI=1S/C10H21NSi/c1-4-9-12(2,3)10-8-11-6-5-7-11/h4H,1,5-10H2,2-3H3. The Morgan fingerprint density at radius 2 is 2.08 bits per heavy atom. The first-order valence-electron chi connectivity index (χ1n) is 4.97. The van der Waals surface area contributed by atoms with E-state index in [1.807, 2.05) is 0 Å². The van der Waals surface area contributed by atoms with Gasteiger partial charge in [-0.15, -0.1) is 6.58 Å². The summed E-state index contributed by atoms with van der Waals surface area (Å²) in [4.78, 5) is 2.57. The van der Waals surface area contributed by atoms with Gasteiger partial charge in [0.15, 0.2) is 0 Å². The van der Waals surface area contributed by atoms with Crippen LogP contribution < -0.4 is 0 Å². The third kappa shape index (κ3) is 3.11. The molecule has 1 aliphatic heterocycles. The molecule has 0 atom stereocenters. The first-order chi connectivity index (χ1) is 5.64. The number of hydrogen-bond acceptors (Lipinski definition) is 1. The molecule has 1 heterocycles. The molecule has 0 aromatic rings. The van der Waals surface area contributed by atoms with Gasteiger partial charge in [0.05, 0.1) is 8.07 Å². The SMILES string of the molecule is C=CC[Si](C)(C)CCN1CCC1. The minimum absolute atomic E-state index is 0.908. The minimum atomic E-state index is -0.908. The highest BCUT2D eigenvalue weighted by atomic mass is 28.3. The smallest absolute Gasteiger partial charge is 0.0523 e. The fourth-order valence-corrected chi connectivity index (χ4v) is 3.47. The highest BCUT2D eigenvalue weighted by Gasteiger charge is 2.21. The Morgan fingerprint density at radius 3 is 2.50 bits per heavy atom. The molecule has 70 valence electrons. The first-order valence-corrected chi connectivity index (χ1v) is 8.39. The van der Waals surface area contributed by atoms with Crippen LogP contribution in [0.3, 0.4) is 0 Å². The van der Waals surface area contributed by atoms with Gasteiger partial charge in [0.25, 0.3) is 0 Å². The zero-order valence-electron chi connectivity index (χ0n) is 8.47. The predicted molar refractivity (Wildman–Crippen MR) is 58.4 cm³/mol. The summed E-state index contributed by atoms with van der Waals surface area (Å²) in [5, 5.41) is 0. The van der Waals surface area contributed by atoms with Crippen LogP contribution in [0.25, 0.3) is 0 Å². The lowest BCUT2D eigenvalue weighted by Gasteiger charge is -2.33. The van der Waals surface area contributed by atoms with Crippen molar-refractivity contribution < 1.29 is 0 Å². The molecule has 1 fully saturated rings. The second-order valence-corrected chi connectivity index (χ2v) is 9.84. The van der Waals surface area contributed by atoms with Crippen molar-refractivity contribution in [3.8, 4) is 0 Å². The average molecular weight is 183 g/mol. The number of hydrogen-bond donors (Lipinski definition) is 0. The van der Waals surface area contributed by atoms with Crippen LogP contribution in [0.15, 0.2) is 12.7 Å². The molecule has 0 saturated carbocycles. The van der Waals surface area contributed by atoms with Gasteiger partial charge in [-0.1, -0.05) is 19.2 Å². The second kappa shape index (κ2) is 4.24. The van der Waals surface area contributed by atoms with Crippen LogP contribution in [-0.2, 0) is 0 Å². The van der Waals surface area contributed by atoms with Crippen molar-refractivity contribution in [2.45, 2.75) is 31.6 Å². The zero-order valence-corrected chi connectivity index (χ0v) is 9.47. The first kappa shape index (κ1) is 10.0. The number of allylic oxidation sites excluding steroid dienone is 1. The maximum atomic E-state index is 3.83. The van der Waals surface area contributed by atoms with E-state index in [0.29, 0.717) is 0 Å². The fourth-order valence-electron chi connectivity index (χ4n) is 1.56. The minimum Gasteiger partial charge on any atom is -0.304 e. The molecule has 1 aliphatic rings. The van der Waals surface area contributed by atoms with Crippen molar-refractivity contribution in [2.24, 2.45) is 0 Å². The highest BCUT2D eigenvalue weighted by Crippen LogP contribution is 2.18. The van der Waals surface area contributed by atoms with Crippen molar-refractivity contribution >= 4 is 8.07 Å². The molecule has 0 amide bonds. The van der Waals surface area contributed by atoms with E-state index in [1.165, 1.54) is 38.1 Å². The van der Waals surface area contributed by atoms with Crippen LogP contribution in [-0.4, -0.2) is 32.6 Å². The van der Waals surface area contributed by atoms with Crippen LogP contribution in [0.2, 0.25) is 25.2 Å². The van der Waals surface area contributed by atoms with Crippen molar-refractivity contribution in [1.29, 1.82) is 0 Å².